The summed E-state index contributed by atoms with van der Waals surface area (Å²) in [5.41, 5.74) is 0. The monoisotopic (exact) mass is 262 g/mol. The van der Waals surface area contributed by atoms with Crippen molar-refractivity contribution in [3.63, 3.8) is 0 Å². The number of benzene rings is 2. The maximum Gasteiger partial charge on any atom is 0 e. The Hall–Kier alpha value is -0.846. The second kappa shape index (κ2) is 24.4. The molecule has 0 N–H and O–H groups in total. The van der Waals surface area contributed by atoms with Gasteiger partial charge in [0, 0.05) is 21.7 Å². The Balaban J connectivity index is -0.0000000436. The topological polar surface area (TPSA) is 0 Å². The van der Waals surface area contributed by atoms with Crippen molar-refractivity contribution < 1.29 is 21.7 Å². The molecule has 0 unspecified atom stereocenters. The largest absolute Gasteiger partial charge is 0.358 e. The molecular weight excluding hydrogens is 240 g/mol. The van der Waals surface area contributed by atoms with Crippen molar-refractivity contribution in [2.24, 2.45) is 0 Å². The van der Waals surface area contributed by atoms with Gasteiger partial charge in [-0.05, 0) is 0 Å². The SMILES string of the molecule is [CH3-].[CH3-].[CH3-].[CH3-].[Ti].[c-]1ccccc1.[c-]1ccccc1. The summed E-state index contributed by atoms with van der Waals surface area (Å²) in [5, 5.41) is 0. The minimum absolute atomic E-state index is 0. The molecule has 0 saturated carbocycles. The van der Waals surface area contributed by atoms with Crippen LogP contribution in [0.2, 0.25) is 0 Å². The molecule has 17 heavy (non-hydrogen) atoms. The van der Waals surface area contributed by atoms with E-state index in [1.165, 1.54) is 0 Å². The van der Waals surface area contributed by atoms with Gasteiger partial charge in [0.2, 0.25) is 0 Å². The zero-order valence-electron chi connectivity index (χ0n) is 11.3. The maximum atomic E-state index is 2.89. The van der Waals surface area contributed by atoms with Gasteiger partial charge >= 0.3 is 0 Å². The van der Waals surface area contributed by atoms with Crippen LogP contribution < -0.4 is 0 Å². The van der Waals surface area contributed by atoms with E-state index in [1.807, 2.05) is 60.7 Å². The van der Waals surface area contributed by atoms with E-state index in [0.717, 1.165) is 0 Å². The van der Waals surface area contributed by atoms with Crippen molar-refractivity contribution in [2.45, 2.75) is 0 Å². The minimum atomic E-state index is 0. The molecule has 0 aromatic heterocycles. The molecule has 1 heteroatoms. The minimum Gasteiger partial charge on any atom is -0.358 e. The van der Waals surface area contributed by atoms with Gasteiger partial charge < -0.3 is 29.7 Å². The molecule has 0 fully saturated rings. The molecule has 0 amide bonds. The van der Waals surface area contributed by atoms with E-state index in [-0.39, 0.29) is 51.4 Å². The molecule has 0 spiro atoms. The van der Waals surface area contributed by atoms with Crippen molar-refractivity contribution in [2.75, 3.05) is 0 Å². The second-order valence-electron chi connectivity index (χ2n) is 2.15. The standard InChI is InChI=1S/2C6H5.4CH3.Ti/c2*1-2-4-6-5-3-1;;;;;/h2*1-5H;4*1H3;/q6*-1;. The third-order valence-corrected chi connectivity index (χ3v) is 1.21. The molecule has 0 aliphatic rings. The van der Waals surface area contributed by atoms with E-state index >= 15 is 0 Å². The Morgan fingerprint density at radius 1 is 0.412 bits per heavy atom. The van der Waals surface area contributed by atoms with Gasteiger partial charge in [0.25, 0.3) is 0 Å². The van der Waals surface area contributed by atoms with Crippen LogP contribution in [0.25, 0.3) is 0 Å². The summed E-state index contributed by atoms with van der Waals surface area (Å²) in [7, 11) is 0. The van der Waals surface area contributed by atoms with Crippen molar-refractivity contribution in [1.82, 2.24) is 0 Å². The normalized spacial score (nSPS) is 5.65. The summed E-state index contributed by atoms with van der Waals surface area (Å²) in [6, 6.07) is 25.0. The molecule has 96 valence electrons. The Kier molecular flexibility index (Phi) is 42.8. The quantitative estimate of drug-likeness (QED) is 0.473. The van der Waals surface area contributed by atoms with Gasteiger partial charge in [-0.15, -0.1) is 0 Å². The van der Waals surface area contributed by atoms with E-state index in [2.05, 4.69) is 12.1 Å². The van der Waals surface area contributed by atoms with Crippen molar-refractivity contribution in [3.8, 4) is 0 Å². The fourth-order valence-electron chi connectivity index (χ4n) is 0.684. The summed E-state index contributed by atoms with van der Waals surface area (Å²) in [5.74, 6) is 0. The fourth-order valence-corrected chi connectivity index (χ4v) is 0.684. The zero-order valence-corrected chi connectivity index (χ0v) is 12.8. The first-order valence-electron chi connectivity index (χ1n) is 3.82. The Morgan fingerprint density at radius 3 is 0.706 bits per heavy atom. The van der Waals surface area contributed by atoms with Crippen molar-refractivity contribution >= 4 is 0 Å². The number of hydrogen-bond acceptors (Lipinski definition) is 0. The van der Waals surface area contributed by atoms with Crippen LogP contribution >= 0.6 is 0 Å². The van der Waals surface area contributed by atoms with Crippen LogP contribution in [0.3, 0.4) is 0 Å². The molecule has 0 radical (unpaired) electrons. The molecule has 0 aliphatic carbocycles. The summed E-state index contributed by atoms with van der Waals surface area (Å²) >= 11 is 0. The summed E-state index contributed by atoms with van der Waals surface area (Å²) in [6.07, 6.45) is 0. The molecule has 2 rings (SSSR count). The molecule has 0 aliphatic heterocycles. The van der Waals surface area contributed by atoms with Gasteiger partial charge in [0.05, 0.1) is 0 Å². The van der Waals surface area contributed by atoms with Crippen LogP contribution in [0, 0.1) is 41.8 Å². The smallest absolute Gasteiger partial charge is 0 e. The van der Waals surface area contributed by atoms with E-state index in [9.17, 15) is 0 Å². The van der Waals surface area contributed by atoms with E-state index in [4.69, 9.17) is 0 Å². The average Bonchev–Trinajstić information content (AvgIpc) is 2.24. The van der Waals surface area contributed by atoms with Gasteiger partial charge in [0.15, 0.2) is 0 Å². The van der Waals surface area contributed by atoms with Gasteiger partial charge in [-0.3, -0.25) is 0 Å². The predicted octanol–water partition coefficient (Wildman–Crippen LogP) is 4.77. The summed E-state index contributed by atoms with van der Waals surface area (Å²) < 4.78 is 0. The fraction of sp³-hybridized carbons (Fsp3) is 0. The molecule has 0 atom stereocenters. The first kappa shape index (κ1) is 29.8. The molecule has 0 bridgehead atoms. The molecular formula is C16H22Ti-6. The van der Waals surface area contributed by atoms with Crippen LogP contribution in [-0.2, 0) is 21.7 Å². The molecule has 2 aromatic rings. The van der Waals surface area contributed by atoms with Crippen LogP contribution in [0.1, 0.15) is 0 Å². The molecule has 0 saturated heterocycles. The third kappa shape index (κ3) is 21.1. The van der Waals surface area contributed by atoms with Crippen LogP contribution in [-0.4, -0.2) is 0 Å². The number of hydrogen-bond donors (Lipinski definition) is 0. The van der Waals surface area contributed by atoms with E-state index in [1.54, 1.807) is 0 Å². The third-order valence-electron chi connectivity index (χ3n) is 1.21. The van der Waals surface area contributed by atoms with Crippen molar-refractivity contribution in [1.29, 1.82) is 0 Å². The predicted molar refractivity (Wildman–Crippen MR) is 76.2 cm³/mol. The summed E-state index contributed by atoms with van der Waals surface area (Å²) in [4.78, 5) is 0. The zero-order chi connectivity index (χ0) is 8.49. The Bertz CT molecular complexity index is 181. The van der Waals surface area contributed by atoms with Crippen molar-refractivity contribution in [3.05, 3.63) is 103 Å². The Labute approximate surface area is 124 Å². The first-order chi connectivity index (χ1) is 6.00. The summed E-state index contributed by atoms with van der Waals surface area (Å²) in [6.45, 7) is 0. The van der Waals surface area contributed by atoms with E-state index < -0.39 is 0 Å². The maximum absolute atomic E-state index is 2.89. The molecule has 0 nitrogen and oxygen atoms in total. The van der Waals surface area contributed by atoms with Crippen LogP contribution in [0.5, 0.6) is 0 Å². The van der Waals surface area contributed by atoms with Gasteiger partial charge in [0.1, 0.15) is 0 Å². The second-order valence-corrected chi connectivity index (χ2v) is 2.15. The van der Waals surface area contributed by atoms with Crippen LogP contribution in [0.4, 0.5) is 0 Å². The van der Waals surface area contributed by atoms with Crippen LogP contribution in [0.15, 0.2) is 60.7 Å². The molecule has 2 aromatic carbocycles. The Morgan fingerprint density at radius 2 is 0.647 bits per heavy atom. The van der Waals surface area contributed by atoms with Gasteiger partial charge in [-0.1, -0.05) is 0 Å². The number of rotatable bonds is 0. The average molecular weight is 262 g/mol. The van der Waals surface area contributed by atoms with Gasteiger partial charge in [-0.2, -0.15) is 72.8 Å². The van der Waals surface area contributed by atoms with Gasteiger partial charge in [-0.25, -0.2) is 0 Å². The molecule has 0 heterocycles. The first-order valence-corrected chi connectivity index (χ1v) is 3.82. The van der Waals surface area contributed by atoms with E-state index in [0.29, 0.717) is 0 Å².